The Kier molecular flexibility index (Phi) is 6.23. The summed E-state index contributed by atoms with van der Waals surface area (Å²) in [6.07, 6.45) is 6.95. The van der Waals surface area contributed by atoms with E-state index in [1.54, 1.807) is 24.5 Å². The van der Waals surface area contributed by atoms with Crippen molar-refractivity contribution in [2.45, 2.75) is 44.8 Å². The summed E-state index contributed by atoms with van der Waals surface area (Å²) in [6, 6.07) is 11.3. The first kappa shape index (κ1) is 24.4. The molecular weight excluding hydrogens is 480 g/mol. The number of carbonyl (C=O) groups excluding carboxylic acids is 2. The Labute approximate surface area is 222 Å². The van der Waals surface area contributed by atoms with E-state index in [1.807, 2.05) is 30.0 Å². The number of nitrogens with one attached hydrogen (secondary N) is 1. The van der Waals surface area contributed by atoms with Crippen LogP contribution in [0.4, 0.5) is 17.2 Å². The molecule has 5 heterocycles. The Morgan fingerprint density at radius 3 is 2.47 bits per heavy atom. The Hall–Kier alpha value is -3.98. The number of benzene rings is 1. The quantitative estimate of drug-likeness (QED) is 0.510. The average Bonchev–Trinajstić information content (AvgIpc) is 3.59. The van der Waals surface area contributed by atoms with Gasteiger partial charge in [-0.15, -0.1) is 0 Å². The number of likely N-dealkylation sites (tertiary alicyclic amines) is 1. The molecule has 0 radical (unpaired) electrons. The van der Waals surface area contributed by atoms with Crippen molar-refractivity contribution in [1.29, 1.82) is 0 Å². The minimum absolute atomic E-state index is 0.102. The van der Waals surface area contributed by atoms with E-state index >= 15 is 0 Å². The zero-order valence-electron chi connectivity index (χ0n) is 21.6. The highest BCUT2D eigenvalue weighted by Crippen LogP contribution is 2.44. The Morgan fingerprint density at radius 2 is 1.74 bits per heavy atom. The first-order valence-electron chi connectivity index (χ1n) is 13.2. The summed E-state index contributed by atoms with van der Waals surface area (Å²) in [6.45, 7) is 5.51. The number of anilines is 3. The lowest BCUT2D eigenvalue weighted by molar-refractivity contribution is -0.0741. The number of piperidine rings is 1. The summed E-state index contributed by atoms with van der Waals surface area (Å²) < 4.78 is 6.24. The molecule has 38 heavy (non-hydrogen) atoms. The summed E-state index contributed by atoms with van der Waals surface area (Å²) in [7, 11) is 0. The van der Waals surface area contributed by atoms with Crippen LogP contribution in [0.15, 0.2) is 48.8 Å². The SMILES string of the molecule is Cc1ncc(C(=O)N2CCC3(CC2)OCc2cc(N)ccc23)cc1NC(=O)c1ccc(N2CCCC2)nc1. The highest BCUT2D eigenvalue weighted by Gasteiger charge is 2.43. The third-order valence-electron chi connectivity index (χ3n) is 8.00. The van der Waals surface area contributed by atoms with E-state index in [1.165, 1.54) is 18.4 Å². The van der Waals surface area contributed by atoms with Gasteiger partial charge < -0.3 is 25.6 Å². The molecule has 2 fully saturated rings. The second-order valence-electron chi connectivity index (χ2n) is 10.4. The van der Waals surface area contributed by atoms with E-state index in [-0.39, 0.29) is 17.4 Å². The van der Waals surface area contributed by atoms with Gasteiger partial charge in [0, 0.05) is 44.3 Å². The van der Waals surface area contributed by atoms with Gasteiger partial charge in [0.1, 0.15) is 5.82 Å². The molecule has 196 valence electrons. The number of hydrogen-bond donors (Lipinski definition) is 2. The topological polar surface area (TPSA) is 114 Å². The first-order chi connectivity index (χ1) is 18.4. The van der Waals surface area contributed by atoms with E-state index in [0.29, 0.717) is 42.2 Å². The van der Waals surface area contributed by atoms with Crippen molar-refractivity contribution in [3.63, 3.8) is 0 Å². The van der Waals surface area contributed by atoms with Gasteiger partial charge in [-0.25, -0.2) is 4.98 Å². The number of pyridine rings is 2. The molecule has 0 bridgehead atoms. The average molecular weight is 513 g/mol. The molecule has 3 N–H and O–H groups in total. The van der Waals surface area contributed by atoms with Gasteiger partial charge in [-0.3, -0.25) is 14.6 Å². The molecule has 2 saturated heterocycles. The van der Waals surface area contributed by atoms with E-state index in [0.717, 1.165) is 43.0 Å². The van der Waals surface area contributed by atoms with Crippen LogP contribution in [0.2, 0.25) is 0 Å². The molecule has 1 aromatic carbocycles. The van der Waals surface area contributed by atoms with Crippen molar-refractivity contribution < 1.29 is 14.3 Å². The predicted octanol–water partition coefficient (Wildman–Crippen LogP) is 3.88. The maximum Gasteiger partial charge on any atom is 0.257 e. The third kappa shape index (κ3) is 4.47. The number of ether oxygens (including phenoxy) is 1. The molecule has 3 aliphatic rings. The minimum Gasteiger partial charge on any atom is -0.399 e. The van der Waals surface area contributed by atoms with Crippen molar-refractivity contribution in [2.75, 3.05) is 42.1 Å². The van der Waals surface area contributed by atoms with E-state index in [9.17, 15) is 9.59 Å². The number of nitrogens with zero attached hydrogens (tertiary/aromatic N) is 4. The molecule has 0 atom stereocenters. The van der Waals surface area contributed by atoms with Gasteiger partial charge in [-0.2, -0.15) is 0 Å². The number of hydrogen-bond acceptors (Lipinski definition) is 7. The van der Waals surface area contributed by atoms with Gasteiger partial charge in [-0.05, 0) is 74.1 Å². The number of nitrogen functional groups attached to an aromatic ring is 1. The van der Waals surface area contributed by atoms with Crippen LogP contribution in [-0.2, 0) is 16.9 Å². The summed E-state index contributed by atoms with van der Waals surface area (Å²) in [4.78, 5) is 39.2. The summed E-state index contributed by atoms with van der Waals surface area (Å²) in [5, 5.41) is 2.91. The highest BCUT2D eigenvalue weighted by molar-refractivity contribution is 6.05. The molecule has 6 rings (SSSR count). The molecule has 1 spiro atoms. The monoisotopic (exact) mass is 512 g/mol. The smallest absolute Gasteiger partial charge is 0.257 e. The zero-order chi connectivity index (χ0) is 26.3. The Morgan fingerprint density at radius 1 is 0.974 bits per heavy atom. The van der Waals surface area contributed by atoms with Crippen LogP contribution in [-0.4, -0.2) is 52.9 Å². The van der Waals surface area contributed by atoms with Crippen molar-refractivity contribution >= 4 is 29.0 Å². The maximum atomic E-state index is 13.4. The van der Waals surface area contributed by atoms with Crippen LogP contribution in [0.1, 0.15) is 63.2 Å². The number of fused-ring (bicyclic) bond motifs is 2. The summed E-state index contributed by atoms with van der Waals surface area (Å²) in [5.41, 5.74) is 10.7. The highest BCUT2D eigenvalue weighted by atomic mass is 16.5. The number of carbonyl (C=O) groups is 2. The van der Waals surface area contributed by atoms with Crippen molar-refractivity contribution in [2.24, 2.45) is 0 Å². The van der Waals surface area contributed by atoms with Crippen LogP contribution in [0.25, 0.3) is 0 Å². The normalized spacial score (nSPS) is 18.0. The van der Waals surface area contributed by atoms with E-state index in [4.69, 9.17) is 10.5 Å². The van der Waals surface area contributed by atoms with Gasteiger partial charge in [0.2, 0.25) is 0 Å². The molecule has 9 heteroatoms. The van der Waals surface area contributed by atoms with Gasteiger partial charge in [0.25, 0.3) is 11.8 Å². The molecule has 2 aromatic heterocycles. The fourth-order valence-electron chi connectivity index (χ4n) is 5.76. The Balaban J connectivity index is 1.12. The molecule has 2 amide bonds. The molecule has 0 unspecified atom stereocenters. The van der Waals surface area contributed by atoms with E-state index < -0.39 is 0 Å². The lowest BCUT2D eigenvalue weighted by Gasteiger charge is -2.39. The van der Waals surface area contributed by atoms with Gasteiger partial charge >= 0.3 is 0 Å². The molecule has 3 aromatic rings. The van der Waals surface area contributed by atoms with Crippen molar-refractivity contribution in [1.82, 2.24) is 14.9 Å². The number of aromatic nitrogens is 2. The number of amides is 2. The van der Waals surface area contributed by atoms with Crippen LogP contribution in [0.3, 0.4) is 0 Å². The second-order valence-corrected chi connectivity index (χ2v) is 10.4. The van der Waals surface area contributed by atoms with Crippen LogP contribution < -0.4 is 16.0 Å². The fourth-order valence-corrected chi connectivity index (χ4v) is 5.76. The summed E-state index contributed by atoms with van der Waals surface area (Å²) >= 11 is 0. The number of nitrogens with two attached hydrogens (primary N) is 1. The molecule has 9 nitrogen and oxygen atoms in total. The number of rotatable bonds is 4. The zero-order valence-corrected chi connectivity index (χ0v) is 21.6. The lowest BCUT2D eigenvalue weighted by atomic mass is 9.83. The Bertz CT molecular complexity index is 1380. The molecule has 0 aliphatic carbocycles. The first-order valence-corrected chi connectivity index (χ1v) is 13.2. The summed E-state index contributed by atoms with van der Waals surface area (Å²) in [5.74, 6) is 0.510. The molecule has 0 saturated carbocycles. The standard InChI is InChI=1S/C29H32N6O3/c1-19-25(33-27(36)20-4-7-26(32-16-20)34-10-2-3-11-34)15-21(17-31-19)28(37)35-12-8-29(9-13-35)24-6-5-23(30)14-22(24)18-38-29/h4-7,14-17H,2-3,8-13,18,30H2,1H3,(H,33,36). The van der Waals surface area contributed by atoms with Gasteiger partial charge in [-0.1, -0.05) is 6.07 Å². The minimum atomic E-state index is -0.358. The number of aryl methyl sites for hydroxylation is 1. The second kappa shape index (κ2) is 9.72. The lowest BCUT2D eigenvalue weighted by Crippen LogP contribution is -2.45. The third-order valence-corrected chi connectivity index (χ3v) is 8.00. The van der Waals surface area contributed by atoms with Crippen LogP contribution >= 0.6 is 0 Å². The molecular formula is C29H32N6O3. The van der Waals surface area contributed by atoms with Crippen LogP contribution in [0.5, 0.6) is 0 Å². The van der Waals surface area contributed by atoms with E-state index in [2.05, 4.69) is 26.3 Å². The molecule has 3 aliphatic heterocycles. The van der Waals surface area contributed by atoms with Gasteiger partial charge in [0.15, 0.2) is 0 Å². The predicted molar refractivity (Wildman–Crippen MR) is 145 cm³/mol. The van der Waals surface area contributed by atoms with Gasteiger partial charge in [0.05, 0.1) is 34.7 Å². The van der Waals surface area contributed by atoms with Crippen LogP contribution in [0, 0.1) is 6.92 Å². The van der Waals surface area contributed by atoms with Crippen molar-refractivity contribution in [3.8, 4) is 0 Å². The fraction of sp³-hybridized carbons (Fsp3) is 0.379. The largest absolute Gasteiger partial charge is 0.399 e. The van der Waals surface area contributed by atoms with Crippen molar-refractivity contribution in [3.05, 3.63) is 76.7 Å². The maximum absolute atomic E-state index is 13.4.